The fourth-order valence-corrected chi connectivity index (χ4v) is 3.03. The molecule has 1 unspecified atom stereocenters. The number of hydrogen-bond donors (Lipinski definition) is 1. The lowest BCUT2D eigenvalue weighted by molar-refractivity contribution is -0.132. The highest BCUT2D eigenvalue weighted by atomic mass is 16.5. The zero-order valence-electron chi connectivity index (χ0n) is 13.0. The number of aromatic nitrogens is 1. The third-order valence-electron chi connectivity index (χ3n) is 4.29. The molecule has 1 N–H and O–H groups in total. The quantitative estimate of drug-likeness (QED) is 0.800. The zero-order chi connectivity index (χ0) is 15.2. The van der Waals surface area contributed by atoms with E-state index in [1.165, 1.54) is 10.9 Å². The number of rotatable bonds is 7. The molecule has 2 heterocycles. The number of carbonyl (C=O) groups is 1. The summed E-state index contributed by atoms with van der Waals surface area (Å²) >= 11 is 0. The minimum Gasteiger partial charge on any atom is -0.368 e. The van der Waals surface area contributed by atoms with Gasteiger partial charge in [0, 0.05) is 37.8 Å². The minimum atomic E-state index is -0.220. The first-order valence-electron chi connectivity index (χ1n) is 8.23. The molecule has 0 saturated carbocycles. The summed E-state index contributed by atoms with van der Waals surface area (Å²) in [6.07, 6.45) is 5.71. The Kier molecular flexibility index (Phi) is 5.24. The number of ketones is 1. The van der Waals surface area contributed by atoms with Crippen LogP contribution < -0.4 is 5.32 Å². The Bertz CT molecular complexity index is 614. The average Bonchev–Trinajstić information content (AvgIpc) is 2.98. The topological polar surface area (TPSA) is 43.3 Å². The van der Waals surface area contributed by atoms with Crippen LogP contribution in [0.4, 0.5) is 0 Å². The van der Waals surface area contributed by atoms with Crippen molar-refractivity contribution in [3.8, 4) is 0 Å². The van der Waals surface area contributed by atoms with Gasteiger partial charge in [0.15, 0.2) is 5.78 Å². The van der Waals surface area contributed by atoms with E-state index in [-0.39, 0.29) is 11.9 Å². The molecule has 4 heteroatoms. The smallest absolute Gasteiger partial charge is 0.162 e. The van der Waals surface area contributed by atoms with Crippen LogP contribution >= 0.6 is 0 Å². The Balaban J connectivity index is 1.37. The number of fused-ring (bicyclic) bond motifs is 1. The molecule has 1 aromatic carbocycles. The molecule has 4 nitrogen and oxygen atoms in total. The van der Waals surface area contributed by atoms with Crippen molar-refractivity contribution < 1.29 is 9.53 Å². The summed E-state index contributed by atoms with van der Waals surface area (Å²) in [5, 5.41) is 4.50. The van der Waals surface area contributed by atoms with Crippen LogP contribution in [0, 0.1) is 0 Å². The van der Waals surface area contributed by atoms with Gasteiger partial charge in [0.05, 0.1) is 6.61 Å². The maximum atomic E-state index is 12.0. The fraction of sp³-hybridized carbons (Fsp3) is 0.500. The Morgan fingerprint density at radius 3 is 3.00 bits per heavy atom. The highest BCUT2D eigenvalue weighted by Gasteiger charge is 2.20. The van der Waals surface area contributed by atoms with Gasteiger partial charge in [-0.2, -0.15) is 0 Å². The summed E-state index contributed by atoms with van der Waals surface area (Å²) < 4.78 is 7.78. The highest BCUT2D eigenvalue weighted by molar-refractivity contribution is 5.83. The van der Waals surface area contributed by atoms with Crippen molar-refractivity contribution in [1.29, 1.82) is 0 Å². The molecule has 22 heavy (non-hydrogen) atoms. The van der Waals surface area contributed by atoms with Crippen molar-refractivity contribution in [3.63, 3.8) is 0 Å². The third kappa shape index (κ3) is 3.76. The Morgan fingerprint density at radius 2 is 2.14 bits per heavy atom. The summed E-state index contributed by atoms with van der Waals surface area (Å²) in [4.78, 5) is 12.0. The van der Waals surface area contributed by atoms with Gasteiger partial charge < -0.3 is 14.6 Å². The van der Waals surface area contributed by atoms with Crippen molar-refractivity contribution in [3.05, 3.63) is 36.5 Å². The number of hydrogen-bond acceptors (Lipinski definition) is 3. The summed E-state index contributed by atoms with van der Waals surface area (Å²) in [6.45, 7) is 3.20. The van der Waals surface area contributed by atoms with Crippen LogP contribution in [-0.2, 0) is 16.1 Å². The molecule has 1 aliphatic rings. The predicted octanol–water partition coefficient (Wildman–Crippen LogP) is 2.76. The molecule has 0 radical (unpaired) electrons. The SMILES string of the molecule is O=C(CCCCCn1ccc2ccccc21)C1CNCCO1. The van der Waals surface area contributed by atoms with Crippen LogP contribution in [0.5, 0.6) is 0 Å². The summed E-state index contributed by atoms with van der Waals surface area (Å²) in [7, 11) is 0. The van der Waals surface area contributed by atoms with Gasteiger partial charge in [-0.3, -0.25) is 4.79 Å². The van der Waals surface area contributed by atoms with Gasteiger partial charge in [-0.25, -0.2) is 0 Å². The Morgan fingerprint density at radius 1 is 1.23 bits per heavy atom. The van der Waals surface area contributed by atoms with Crippen LogP contribution in [0.2, 0.25) is 0 Å². The number of nitrogens with one attached hydrogen (secondary N) is 1. The van der Waals surface area contributed by atoms with Crippen LogP contribution in [0.3, 0.4) is 0 Å². The summed E-state index contributed by atoms with van der Waals surface area (Å²) in [5.74, 6) is 0.249. The molecule has 0 spiro atoms. The van der Waals surface area contributed by atoms with Gasteiger partial charge in [0.2, 0.25) is 0 Å². The van der Waals surface area contributed by atoms with Crippen molar-refractivity contribution >= 4 is 16.7 Å². The van der Waals surface area contributed by atoms with E-state index in [1.54, 1.807) is 0 Å². The largest absolute Gasteiger partial charge is 0.368 e. The first-order valence-corrected chi connectivity index (χ1v) is 8.23. The second-order valence-corrected chi connectivity index (χ2v) is 5.91. The molecule has 0 bridgehead atoms. The van der Waals surface area contributed by atoms with E-state index in [9.17, 15) is 4.79 Å². The second kappa shape index (κ2) is 7.56. The van der Waals surface area contributed by atoms with Crippen molar-refractivity contribution in [2.45, 2.75) is 38.3 Å². The molecule has 0 aliphatic carbocycles. The van der Waals surface area contributed by atoms with Gasteiger partial charge in [0.25, 0.3) is 0 Å². The lowest BCUT2D eigenvalue weighted by atomic mass is 10.1. The first-order chi connectivity index (χ1) is 10.8. The number of aryl methyl sites for hydroxylation is 1. The van der Waals surface area contributed by atoms with E-state index in [4.69, 9.17) is 4.74 Å². The van der Waals surface area contributed by atoms with Gasteiger partial charge >= 0.3 is 0 Å². The normalized spacial score (nSPS) is 18.6. The number of ether oxygens (including phenoxy) is 1. The zero-order valence-corrected chi connectivity index (χ0v) is 13.0. The lowest BCUT2D eigenvalue weighted by Crippen LogP contribution is -2.43. The van der Waals surface area contributed by atoms with Crippen LogP contribution in [0.15, 0.2) is 36.5 Å². The summed E-state index contributed by atoms with van der Waals surface area (Å²) in [5.41, 5.74) is 1.29. The van der Waals surface area contributed by atoms with Crippen molar-refractivity contribution in [1.82, 2.24) is 9.88 Å². The number of benzene rings is 1. The Labute approximate surface area is 131 Å². The van der Waals surface area contributed by atoms with E-state index in [1.807, 2.05) is 0 Å². The fourth-order valence-electron chi connectivity index (χ4n) is 3.03. The Hall–Kier alpha value is -1.65. The maximum absolute atomic E-state index is 12.0. The molecule has 2 aromatic rings. The number of carbonyl (C=O) groups excluding carboxylic acids is 1. The predicted molar refractivity (Wildman–Crippen MR) is 88.0 cm³/mol. The molecule has 1 fully saturated rings. The lowest BCUT2D eigenvalue weighted by Gasteiger charge is -2.22. The second-order valence-electron chi connectivity index (χ2n) is 5.91. The van der Waals surface area contributed by atoms with Gasteiger partial charge in [-0.15, -0.1) is 0 Å². The van der Waals surface area contributed by atoms with Crippen molar-refractivity contribution in [2.24, 2.45) is 0 Å². The number of nitrogens with zero attached hydrogens (tertiary/aromatic N) is 1. The molecular weight excluding hydrogens is 276 g/mol. The van der Waals surface area contributed by atoms with E-state index in [0.29, 0.717) is 19.6 Å². The first kappa shape index (κ1) is 15.3. The molecule has 1 aliphatic heterocycles. The summed E-state index contributed by atoms with van der Waals surface area (Å²) in [6, 6.07) is 10.6. The third-order valence-corrected chi connectivity index (χ3v) is 4.29. The standard InChI is InChI=1S/C18H24N2O2/c21-17(18-14-19-10-13-22-18)8-2-1-5-11-20-12-9-15-6-3-4-7-16(15)20/h3-4,6-7,9,12,18-19H,1-2,5,8,10-11,13-14H2. The van der Waals surface area contributed by atoms with E-state index in [0.717, 1.165) is 32.4 Å². The molecule has 3 rings (SSSR count). The van der Waals surface area contributed by atoms with E-state index >= 15 is 0 Å². The number of Topliss-reactive ketones (excluding diaryl/α,β-unsaturated/α-hetero) is 1. The minimum absolute atomic E-state index is 0.220. The molecule has 1 atom stereocenters. The van der Waals surface area contributed by atoms with E-state index < -0.39 is 0 Å². The van der Waals surface area contributed by atoms with Gasteiger partial charge in [-0.1, -0.05) is 24.6 Å². The van der Waals surface area contributed by atoms with Crippen LogP contribution in [0.25, 0.3) is 10.9 Å². The average molecular weight is 300 g/mol. The molecule has 1 saturated heterocycles. The number of para-hydroxylation sites is 1. The van der Waals surface area contributed by atoms with Gasteiger partial charge in [-0.05, 0) is 30.4 Å². The molecule has 118 valence electrons. The number of unbranched alkanes of at least 4 members (excludes halogenated alkanes) is 2. The number of morpholine rings is 1. The molecule has 0 amide bonds. The van der Waals surface area contributed by atoms with Crippen molar-refractivity contribution in [2.75, 3.05) is 19.7 Å². The van der Waals surface area contributed by atoms with Gasteiger partial charge in [0.1, 0.15) is 6.10 Å². The highest BCUT2D eigenvalue weighted by Crippen LogP contribution is 2.16. The molecular formula is C18H24N2O2. The van der Waals surface area contributed by atoms with Crippen LogP contribution in [0.1, 0.15) is 25.7 Å². The van der Waals surface area contributed by atoms with Crippen LogP contribution in [-0.4, -0.2) is 36.2 Å². The monoisotopic (exact) mass is 300 g/mol. The molecule has 1 aromatic heterocycles. The maximum Gasteiger partial charge on any atom is 0.162 e. The van der Waals surface area contributed by atoms with E-state index in [2.05, 4.69) is 46.4 Å².